The summed E-state index contributed by atoms with van der Waals surface area (Å²) in [5, 5.41) is 0. The van der Waals surface area contributed by atoms with Gasteiger partial charge in [0, 0.05) is 25.0 Å². The molecular formula is C16H22N2O. The third-order valence-electron chi connectivity index (χ3n) is 4.56. The molecular weight excluding hydrogens is 236 g/mol. The van der Waals surface area contributed by atoms with Crippen molar-refractivity contribution in [3.8, 4) is 0 Å². The molecule has 1 aliphatic carbocycles. The Morgan fingerprint density at radius 3 is 2.89 bits per heavy atom. The van der Waals surface area contributed by atoms with Crippen LogP contribution in [0.1, 0.15) is 31.2 Å². The highest BCUT2D eigenvalue weighted by molar-refractivity contribution is 5.76. The fraction of sp³-hybridized carbons (Fsp3) is 0.562. The Hall–Kier alpha value is -1.35. The van der Waals surface area contributed by atoms with Crippen molar-refractivity contribution in [1.29, 1.82) is 0 Å². The number of nitrogens with two attached hydrogens (primary N) is 1. The quantitative estimate of drug-likeness (QED) is 0.897. The lowest BCUT2D eigenvalue weighted by atomic mass is 10.0. The summed E-state index contributed by atoms with van der Waals surface area (Å²) in [5.41, 5.74) is 7.48. The molecule has 102 valence electrons. The standard InChI is InChI=1S/C16H22N2O/c17-16-11-14(16)9-10-18(12-16)15(19)8-4-7-13-5-2-1-3-6-13/h1-3,5-6,14H,4,7-12,17H2. The summed E-state index contributed by atoms with van der Waals surface area (Å²) in [5.74, 6) is 0.965. The van der Waals surface area contributed by atoms with Gasteiger partial charge in [0.2, 0.25) is 5.91 Å². The first-order chi connectivity index (χ1) is 9.17. The summed E-state index contributed by atoms with van der Waals surface area (Å²) in [6, 6.07) is 10.4. The molecule has 19 heavy (non-hydrogen) atoms. The summed E-state index contributed by atoms with van der Waals surface area (Å²) in [7, 11) is 0. The Labute approximate surface area is 114 Å². The number of rotatable bonds is 4. The molecule has 1 aromatic carbocycles. The third kappa shape index (κ3) is 2.81. The Bertz CT molecular complexity index is 459. The first-order valence-electron chi connectivity index (χ1n) is 7.28. The number of amides is 1. The second-order valence-corrected chi connectivity index (χ2v) is 6.08. The molecule has 2 aliphatic rings. The van der Waals surface area contributed by atoms with Gasteiger partial charge in [-0.15, -0.1) is 0 Å². The molecule has 1 amide bonds. The van der Waals surface area contributed by atoms with Crippen LogP contribution in [-0.2, 0) is 11.2 Å². The topological polar surface area (TPSA) is 46.3 Å². The zero-order valence-corrected chi connectivity index (χ0v) is 11.3. The number of aryl methyl sites for hydroxylation is 1. The van der Waals surface area contributed by atoms with E-state index < -0.39 is 0 Å². The van der Waals surface area contributed by atoms with Gasteiger partial charge < -0.3 is 10.6 Å². The average Bonchev–Trinajstić information content (AvgIpc) is 3.10. The smallest absolute Gasteiger partial charge is 0.222 e. The number of nitrogens with zero attached hydrogens (tertiary/aromatic N) is 1. The Morgan fingerprint density at radius 2 is 2.16 bits per heavy atom. The van der Waals surface area contributed by atoms with E-state index in [1.54, 1.807) is 0 Å². The van der Waals surface area contributed by atoms with Crippen molar-refractivity contribution in [2.24, 2.45) is 11.7 Å². The molecule has 1 aliphatic heterocycles. The highest BCUT2D eigenvalue weighted by atomic mass is 16.2. The van der Waals surface area contributed by atoms with E-state index in [1.165, 1.54) is 5.56 Å². The van der Waals surface area contributed by atoms with Crippen molar-refractivity contribution in [1.82, 2.24) is 4.90 Å². The number of piperidine rings is 1. The lowest BCUT2D eigenvalue weighted by Crippen LogP contribution is -2.47. The number of likely N-dealkylation sites (tertiary alicyclic amines) is 1. The predicted octanol–water partition coefficient (Wildman–Crippen LogP) is 1.96. The summed E-state index contributed by atoms with van der Waals surface area (Å²) in [4.78, 5) is 14.1. The second kappa shape index (κ2) is 4.97. The molecule has 2 fully saturated rings. The molecule has 0 bridgehead atoms. The van der Waals surface area contributed by atoms with E-state index in [9.17, 15) is 4.79 Å². The zero-order valence-electron chi connectivity index (χ0n) is 11.3. The zero-order chi connectivity index (χ0) is 13.3. The maximum absolute atomic E-state index is 12.2. The van der Waals surface area contributed by atoms with Crippen LogP contribution in [0.5, 0.6) is 0 Å². The monoisotopic (exact) mass is 258 g/mol. The van der Waals surface area contributed by atoms with E-state index in [4.69, 9.17) is 5.73 Å². The number of carbonyl (C=O) groups excluding carboxylic acids is 1. The van der Waals surface area contributed by atoms with Gasteiger partial charge in [-0.25, -0.2) is 0 Å². The fourth-order valence-corrected chi connectivity index (χ4v) is 3.19. The molecule has 1 saturated heterocycles. The van der Waals surface area contributed by atoms with Crippen LogP contribution in [0.4, 0.5) is 0 Å². The molecule has 2 N–H and O–H groups in total. The van der Waals surface area contributed by atoms with Crippen LogP contribution in [0.15, 0.2) is 30.3 Å². The van der Waals surface area contributed by atoms with Gasteiger partial charge in [0.15, 0.2) is 0 Å². The van der Waals surface area contributed by atoms with Crippen LogP contribution in [0.25, 0.3) is 0 Å². The van der Waals surface area contributed by atoms with E-state index in [1.807, 2.05) is 23.1 Å². The van der Waals surface area contributed by atoms with Gasteiger partial charge in [-0.1, -0.05) is 30.3 Å². The first-order valence-corrected chi connectivity index (χ1v) is 7.28. The molecule has 1 saturated carbocycles. The highest BCUT2D eigenvalue weighted by Gasteiger charge is 2.54. The Morgan fingerprint density at radius 1 is 1.37 bits per heavy atom. The molecule has 3 nitrogen and oxygen atoms in total. The van der Waals surface area contributed by atoms with Crippen molar-refractivity contribution >= 4 is 5.91 Å². The van der Waals surface area contributed by atoms with Crippen LogP contribution < -0.4 is 5.73 Å². The lowest BCUT2D eigenvalue weighted by Gasteiger charge is -2.30. The van der Waals surface area contributed by atoms with Crippen LogP contribution in [-0.4, -0.2) is 29.4 Å². The van der Waals surface area contributed by atoms with Crippen LogP contribution in [0.3, 0.4) is 0 Å². The minimum atomic E-state index is -0.0344. The highest BCUT2D eigenvalue weighted by Crippen LogP contribution is 2.47. The normalized spacial score (nSPS) is 28.9. The Kier molecular flexibility index (Phi) is 3.31. The third-order valence-corrected chi connectivity index (χ3v) is 4.56. The Balaban J connectivity index is 1.44. The van der Waals surface area contributed by atoms with E-state index in [0.29, 0.717) is 12.3 Å². The number of hydrogen-bond donors (Lipinski definition) is 1. The summed E-state index contributed by atoms with van der Waals surface area (Å²) in [6.45, 7) is 1.69. The van der Waals surface area contributed by atoms with Gasteiger partial charge >= 0.3 is 0 Å². The van der Waals surface area contributed by atoms with Gasteiger partial charge in [0.05, 0.1) is 0 Å². The van der Waals surface area contributed by atoms with Crippen molar-refractivity contribution in [2.75, 3.05) is 13.1 Å². The minimum Gasteiger partial charge on any atom is -0.341 e. The largest absolute Gasteiger partial charge is 0.341 e. The average molecular weight is 258 g/mol. The van der Waals surface area contributed by atoms with Crippen molar-refractivity contribution in [3.05, 3.63) is 35.9 Å². The fourth-order valence-electron chi connectivity index (χ4n) is 3.19. The number of hydrogen-bond acceptors (Lipinski definition) is 2. The molecule has 1 aromatic rings. The first kappa shape index (κ1) is 12.7. The van der Waals surface area contributed by atoms with Gasteiger partial charge in [-0.2, -0.15) is 0 Å². The molecule has 2 atom stereocenters. The molecule has 2 unspecified atom stereocenters. The summed E-state index contributed by atoms with van der Waals surface area (Å²) >= 11 is 0. The second-order valence-electron chi connectivity index (χ2n) is 6.08. The number of carbonyl (C=O) groups is 1. The van der Waals surface area contributed by atoms with E-state index >= 15 is 0 Å². The minimum absolute atomic E-state index is 0.0344. The van der Waals surface area contributed by atoms with E-state index in [0.717, 1.165) is 38.8 Å². The van der Waals surface area contributed by atoms with Crippen LogP contribution in [0, 0.1) is 5.92 Å². The molecule has 0 spiro atoms. The molecule has 3 heteroatoms. The summed E-state index contributed by atoms with van der Waals surface area (Å²) < 4.78 is 0. The van der Waals surface area contributed by atoms with Gasteiger partial charge in [-0.05, 0) is 37.2 Å². The maximum atomic E-state index is 12.2. The number of fused-ring (bicyclic) bond motifs is 1. The predicted molar refractivity (Wildman–Crippen MR) is 75.6 cm³/mol. The molecule has 0 radical (unpaired) electrons. The van der Waals surface area contributed by atoms with Crippen LogP contribution in [0.2, 0.25) is 0 Å². The maximum Gasteiger partial charge on any atom is 0.222 e. The van der Waals surface area contributed by atoms with E-state index in [2.05, 4.69) is 12.1 Å². The van der Waals surface area contributed by atoms with Crippen LogP contribution >= 0.6 is 0 Å². The van der Waals surface area contributed by atoms with Gasteiger partial charge in [-0.3, -0.25) is 4.79 Å². The molecule has 1 heterocycles. The van der Waals surface area contributed by atoms with Crippen molar-refractivity contribution < 1.29 is 4.79 Å². The SMILES string of the molecule is NC12CC1CCN(C(=O)CCCc1ccccc1)C2. The molecule has 0 aromatic heterocycles. The number of benzene rings is 1. The lowest BCUT2D eigenvalue weighted by molar-refractivity contribution is -0.132. The van der Waals surface area contributed by atoms with Gasteiger partial charge in [0.1, 0.15) is 0 Å². The summed E-state index contributed by atoms with van der Waals surface area (Å²) in [6.07, 6.45) is 4.77. The van der Waals surface area contributed by atoms with Crippen molar-refractivity contribution in [3.63, 3.8) is 0 Å². The van der Waals surface area contributed by atoms with E-state index in [-0.39, 0.29) is 11.4 Å². The van der Waals surface area contributed by atoms with Crippen molar-refractivity contribution in [2.45, 2.75) is 37.6 Å². The molecule has 3 rings (SSSR count). The van der Waals surface area contributed by atoms with Gasteiger partial charge in [0.25, 0.3) is 0 Å².